The van der Waals surface area contributed by atoms with E-state index < -0.39 is 0 Å². The monoisotopic (exact) mass is 416 g/mol. The van der Waals surface area contributed by atoms with Gasteiger partial charge in [0, 0.05) is 46.5 Å². The number of thiazole rings is 1. The number of hydrogen-bond donors (Lipinski definition) is 0. The molecule has 3 heterocycles. The van der Waals surface area contributed by atoms with Crippen LogP contribution in [-0.2, 0) is 11.3 Å². The van der Waals surface area contributed by atoms with E-state index >= 15 is 0 Å². The van der Waals surface area contributed by atoms with Gasteiger partial charge in [-0.15, -0.1) is 11.3 Å². The number of carbonyl (C=O) groups is 1. The highest BCUT2D eigenvalue weighted by molar-refractivity contribution is 7.29. The van der Waals surface area contributed by atoms with Gasteiger partial charge in [-0.25, -0.2) is 4.98 Å². The molecule has 0 atom stereocenters. The van der Waals surface area contributed by atoms with Crippen LogP contribution in [0.2, 0.25) is 0 Å². The molecule has 0 saturated carbocycles. The Morgan fingerprint density at radius 2 is 1.86 bits per heavy atom. The molecule has 0 aliphatic carbocycles. The van der Waals surface area contributed by atoms with Gasteiger partial charge in [-0.2, -0.15) is 0 Å². The Bertz CT molecular complexity index is 927. The second-order valence-corrected chi connectivity index (χ2v) is 9.14. The summed E-state index contributed by atoms with van der Waals surface area (Å²) in [5, 5.41) is 0.967. The first-order chi connectivity index (χ1) is 13.5. The van der Waals surface area contributed by atoms with E-state index in [1.54, 1.807) is 16.2 Å². The lowest BCUT2D eigenvalue weighted by Crippen LogP contribution is -2.36. The van der Waals surface area contributed by atoms with Gasteiger partial charge >= 0.3 is 0 Å². The first-order valence-electron chi connectivity index (χ1n) is 9.26. The molecule has 1 saturated heterocycles. The van der Waals surface area contributed by atoms with Crippen LogP contribution in [0.4, 0.5) is 10.8 Å². The number of anilines is 2. The fraction of sp³-hybridized carbons (Fsp3) is 0.400. The van der Waals surface area contributed by atoms with Crippen molar-refractivity contribution >= 4 is 48.9 Å². The number of hydrogen-bond acceptors (Lipinski definition) is 7. The molecule has 1 fully saturated rings. The van der Waals surface area contributed by atoms with Crippen molar-refractivity contribution in [2.24, 2.45) is 0 Å². The van der Waals surface area contributed by atoms with Crippen molar-refractivity contribution in [3.8, 4) is 0 Å². The maximum Gasteiger partial charge on any atom is 0.264 e. The number of morpholine rings is 1. The van der Waals surface area contributed by atoms with Crippen molar-refractivity contribution in [1.29, 1.82) is 0 Å². The van der Waals surface area contributed by atoms with Crippen LogP contribution < -0.4 is 9.80 Å². The summed E-state index contributed by atoms with van der Waals surface area (Å²) in [6, 6.07) is 10.4. The van der Waals surface area contributed by atoms with Crippen molar-refractivity contribution in [1.82, 2.24) is 9.88 Å². The van der Waals surface area contributed by atoms with Crippen LogP contribution in [0.15, 0.2) is 30.3 Å². The van der Waals surface area contributed by atoms with Crippen molar-refractivity contribution in [2.75, 3.05) is 57.2 Å². The van der Waals surface area contributed by atoms with Gasteiger partial charge in [0.25, 0.3) is 5.91 Å². The number of aromatic nitrogens is 1. The third-order valence-electron chi connectivity index (χ3n) is 4.75. The van der Waals surface area contributed by atoms with E-state index in [0.717, 1.165) is 51.4 Å². The lowest BCUT2D eigenvalue weighted by Gasteiger charge is -2.29. The molecular formula is C20H24N4O2S2. The van der Waals surface area contributed by atoms with Gasteiger partial charge in [-0.3, -0.25) is 4.79 Å². The summed E-state index contributed by atoms with van der Waals surface area (Å²) in [6.07, 6.45) is 0. The molecular weight excluding hydrogens is 392 g/mol. The molecule has 2 aromatic heterocycles. The largest absolute Gasteiger partial charge is 0.378 e. The number of amides is 1. The van der Waals surface area contributed by atoms with Gasteiger partial charge in [0.05, 0.1) is 22.8 Å². The maximum absolute atomic E-state index is 12.8. The van der Waals surface area contributed by atoms with Crippen molar-refractivity contribution in [3.63, 3.8) is 0 Å². The van der Waals surface area contributed by atoms with E-state index in [9.17, 15) is 4.79 Å². The minimum Gasteiger partial charge on any atom is -0.378 e. The Kier molecular flexibility index (Phi) is 5.52. The van der Waals surface area contributed by atoms with Crippen LogP contribution in [0.1, 0.15) is 15.2 Å². The molecule has 3 aromatic rings. The predicted molar refractivity (Wildman–Crippen MR) is 117 cm³/mol. The van der Waals surface area contributed by atoms with E-state index in [1.807, 2.05) is 32.1 Å². The third kappa shape index (κ3) is 3.99. The molecule has 0 radical (unpaired) electrons. The minimum atomic E-state index is 0.0406. The van der Waals surface area contributed by atoms with E-state index in [1.165, 1.54) is 17.0 Å². The van der Waals surface area contributed by atoms with E-state index in [0.29, 0.717) is 6.54 Å². The molecule has 8 heteroatoms. The smallest absolute Gasteiger partial charge is 0.264 e. The lowest BCUT2D eigenvalue weighted by molar-refractivity contribution is 0.0790. The molecule has 1 aromatic carbocycles. The Balaban J connectivity index is 1.41. The number of rotatable bonds is 5. The topological polar surface area (TPSA) is 48.9 Å². The second-order valence-electron chi connectivity index (χ2n) is 7.10. The first-order valence-corrected chi connectivity index (χ1v) is 10.9. The fourth-order valence-corrected chi connectivity index (χ4v) is 5.32. The number of benzene rings is 1. The van der Waals surface area contributed by atoms with Crippen LogP contribution in [0.3, 0.4) is 0 Å². The van der Waals surface area contributed by atoms with Crippen LogP contribution in [0.25, 0.3) is 9.53 Å². The van der Waals surface area contributed by atoms with Crippen molar-refractivity contribution in [3.05, 3.63) is 40.8 Å². The Hall–Kier alpha value is -2.16. The highest BCUT2D eigenvalue weighted by atomic mass is 32.1. The van der Waals surface area contributed by atoms with Crippen molar-refractivity contribution in [2.45, 2.75) is 6.54 Å². The Morgan fingerprint density at radius 1 is 1.14 bits per heavy atom. The maximum atomic E-state index is 12.8. The number of fused-ring (bicyclic) bond motifs is 1. The van der Waals surface area contributed by atoms with E-state index in [4.69, 9.17) is 4.74 Å². The summed E-state index contributed by atoms with van der Waals surface area (Å²) in [6.45, 7) is 4.00. The fourth-order valence-electron chi connectivity index (χ4n) is 3.19. The third-order valence-corrected chi connectivity index (χ3v) is 7.07. The minimum absolute atomic E-state index is 0.0406. The number of nitrogens with zero attached hydrogens (tertiary/aromatic N) is 4. The molecule has 4 rings (SSSR count). The van der Waals surface area contributed by atoms with Crippen LogP contribution in [0.5, 0.6) is 0 Å². The molecule has 28 heavy (non-hydrogen) atoms. The molecule has 0 spiro atoms. The molecule has 1 aliphatic heterocycles. The molecule has 0 unspecified atom stereocenters. The average molecular weight is 417 g/mol. The predicted octanol–water partition coefficient (Wildman–Crippen LogP) is 3.53. The highest BCUT2D eigenvalue weighted by Crippen LogP contribution is 2.34. The van der Waals surface area contributed by atoms with Gasteiger partial charge < -0.3 is 19.4 Å². The standard InChI is InChI=1S/C20H24N4O2S2/c1-22(2)20-21-18-16(28-20)12-17(27-18)19(25)23(3)13-14-4-6-15(7-5-14)24-8-10-26-11-9-24/h4-7,12H,8-11,13H2,1-3H3. The van der Waals surface area contributed by atoms with Crippen molar-refractivity contribution < 1.29 is 9.53 Å². The molecule has 6 nitrogen and oxygen atoms in total. The summed E-state index contributed by atoms with van der Waals surface area (Å²) in [5.74, 6) is 0.0406. The molecule has 0 N–H and O–H groups in total. The summed E-state index contributed by atoms with van der Waals surface area (Å²) in [4.78, 5) is 25.2. The average Bonchev–Trinajstić information content (AvgIpc) is 3.28. The quantitative estimate of drug-likeness (QED) is 0.637. The SMILES string of the molecule is CN(Cc1ccc(N2CCOCC2)cc1)C(=O)c1cc2sc(N(C)C)nc2s1. The van der Waals surface area contributed by atoms with Gasteiger partial charge in [-0.1, -0.05) is 23.5 Å². The number of carbonyl (C=O) groups excluding carboxylic acids is 1. The van der Waals surface area contributed by atoms with Crippen LogP contribution in [0, 0.1) is 0 Å². The van der Waals surface area contributed by atoms with E-state index in [-0.39, 0.29) is 5.91 Å². The van der Waals surface area contributed by atoms with E-state index in [2.05, 4.69) is 34.1 Å². The summed E-state index contributed by atoms with van der Waals surface area (Å²) in [7, 11) is 5.81. The summed E-state index contributed by atoms with van der Waals surface area (Å²) in [5.41, 5.74) is 2.33. The number of thiophene rings is 1. The summed E-state index contributed by atoms with van der Waals surface area (Å²) >= 11 is 3.08. The van der Waals surface area contributed by atoms with Gasteiger partial charge in [-0.05, 0) is 23.8 Å². The zero-order valence-corrected chi connectivity index (χ0v) is 18.0. The Morgan fingerprint density at radius 3 is 2.50 bits per heavy atom. The molecule has 1 aliphatic rings. The van der Waals surface area contributed by atoms with Gasteiger partial charge in [0.1, 0.15) is 4.83 Å². The highest BCUT2D eigenvalue weighted by Gasteiger charge is 2.18. The summed E-state index contributed by atoms with van der Waals surface area (Å²) < 4.78 is 6.48. The molecule has 148 valence electrons. The van der Waals surface area contributed by atoms with Gasteiger partial charge in [0.2, 0.25) is 0 Å². The van der Waals surface area contributed by atoms with Gasteiger partial charge in [0.15, 0.2) is 5.13 Å². The number of ether oxygens (including phenoxy) is 1. The Labute approximate surface area is 173 Å². The molecule has 0 bridgehead atoms. The zero-order valence-electron chi connectivity index (χ0n) is 16.3. The first kappa shape index (κ1) is 19.2. The zero-order chi connectivity index (χ0) is 19.7. The lowest BCUT2D eigenvalue weighted by atomic mass is 10.1. The normalized spacial score (nSPS) is 14.5. The second kappa shape index (κ2) is 8.06. The van der Waals surface area contributed by atoms with Crippen LogP contribution in [-0.4, -0.2) is 63.2 Å². The van der Waals surface area contributed by atoms with Crippen LogP contribution >= 0.6 is 22.7 Å². The molecule has 1 amide bonds.